The monoisotopic (exact) mass is 562 g/mol. The Balaban J connectivity index is 0.00000171. The van der Waals surface area contributed by atoms with Gasteiger partial charge < -0.3 is 0 Å². The summed E-state index contributed by atoms with van der Waals surface area (Å²) in [5.41, 5.74) is 7.22. The van der Waals surface area contributed by atoms with E-state index in [2.05, 4.69) is 106 Å². The second-order valence-corrected chi connectivity index (χ2v) is 32.4. The molecule has 0 nitrogen and oxygen atoms in total. The Bertz CT molecular complexity index is 1080. The Morgan fingerprint density at radius 2 is 1.65 bits per heavy atom. The molecule has 0 aliphatic heterocycles. The summed E-state index contributed by atoms with van der Waals surface area (Å²) in [5.74, 6) is 0. The van der Waals surface area contributed by atoms with Crippen LogP contribution >= 0.6 is 24.8 Å². The van der Waals surface area contributed by atoms with Gasteiger partial charge in [0.25, 0.3) is 0 Å². The first-order valence-electron chi connectivity index (χ1n) is 10.7. The van der Waals surface area contributed by atoms with Crippen molar-refractivity contribution < 1.29 is 20.4 Å². The molecule has 0 saturated carbocycles. The molecule has 1 atom stereocenters. The number of allylic oxidation sites excluding steroid dienone is 6. The normalized spacial score (nSPS) is 16.6. The van der Waals surface area contributed by atoms with Gasteiger partial charge in [0.2, 0.25) is 0 Å². The van der Waals surface area contributed by atoms with Crippen molar-refractivity contribution in [3.63, 3.8) is 0 Å². The SMILES string of the molecule is CC1=C[CH]([Zr]([C]2=CC=CC2)=[Si](C)C)c2cccc(-c3ccc([Si](C)(C)C)cc3)c21.Cl.Cl. The standard InChI is InChI=1S/C19H21Si.C5H5.C2H6Si.2ClH.Zr/c1-14-8-9-16-6-5-7-18(19(14)16)15-10-12-17(13-11-15)20(2,3)4;1-2-4-5-3-1;1-3-2;;;/h5-13H,1-4H3;1-3H,4H2;1-2H3;2*1H;. The zero-order chi connectivity index (χ0) is 20.8. The van der Waals surface area contributed by atoms with E-state index in [-0.39, 0.29) is 30.2 Å². The van der Waals surface area contributed by atoms with Crippen LogP contribution < -0.4 is 5.19 Å². The van der Waals surface area contributed by atoms with E-state index in [0.29, 0.717) is 0 Å². The topological polar surface area (TPSA) is 0 Å². The predicted molar refractivity (Wildman–Crippen MR) is 145 cm³/mol. The minimum absolute atomic E-state index is 0. The van der Waals surface area contributed by atoms with Gasteiger partial charge in [-0.05, 0) is 0 Å². The summed E-state index contributed by atoms with van der Waals surface area (Å²) in [4.78, 5) is 0. The second kappa shape index (κ2) is 10.7. The first-order chi connectivity index (χ1) is 13.8. The van der Waals surface area contributed by atoms with E-state index < -0.39 is 28.4 Å². The molecular formula is C26H34Cl2Si2Zr. The van der Waals surface area contributed by atoms with Crippen molar-refractivity contribution >= 4 is 49.1 Å². The molecule has 31 heavy (non-hydrogen) atoms. The van der Waals surface area contributed by atoms with Crippen molar-refractivity contribution in [2.45, 2.75) is 49.7 Å². The van der Waals surface area contributed by atoms with Crippen molar-refractivity contribution in [1.82, 2.24) is 0 Å². The van der Waals surface area contributed by atoms with Gasteiger partial charge in [-0.25, -0.2) is 0 Å². The van der Waals surface area contributed by atoms with Crippen LogP contribution in [0.5, 0.6) is 0 Å². The smallest absolute Gasteiger partial charge is 0.147 e. The molecule has 5 heteroatoms. The van der Waals surface area contributed by atoms with Crippen molar-refractivity contribution in [1.29, 1.82) is 0 Å². The molecule has 0 heterocycles. The maximum atomic E-state index is 2.65. The average molecular weight is 565 g/mol. The van der Waals surface area contributed by atoms with Gasteiger partial charge in [0, 0.05) is 0 Å². The molecule has 2 aromatic rings. The third kappa shape index (κ3) is 5.39. The van der Waals surface area contributed by atoms with Crippen LogP contribution in [0.1, 0.15) is 28.1 Å². The molecule has 0 saturated heterocycles. The Labute approximate surface area is 210 Å². The predicted octanol–water partition coefficient (Wildman–Crippen LogP) is 7.91. The third-order valence-corrected chi connectivity index (χ3v) is 26.4. The summed E-state index contributed by atoms with van der Waals surface area (Å²) < 4.78 is 2.56. The molecule has 0 aromatic heterocycles. The van der Waals surface area contributed by atoms with Crippen LogP contribution in [0.25, 0.3) is 16.7 Å². The maximum absolute atomic E-state index is 2.65. The van der Waals surface area contributed by atoms with Gasteiger partial charge in [-0.15, -0.1) is 24.8 Å². The van der Waals surface area contributed by atoms with E-state index >= 15 is 0 Å². The fraction of sp³-hybridized carbons (Fsp3) is 0.308. The first kappa shape index (κ1) is 26.8. The van der Waals surface area contributed by atoms with Gasteiger partial charge in [0.15, 0.2) is 0 Å². The van der Waals surface area contributed by atoms with Gasteiger partial charge in [0.1, 0.15) is 0 Å². The molecule has 0 radical (unpaired) electrons. The van der Waals surface area contributed by atoms with Crippen molar-refractivity contribution in [3.05, 3.63) is 81.2 Å². The summed E-state index contributed by atoms with van der Waals surface area (Å²) in [6, 6.07) is 16.6. The summed E-state index contributed by atoms with van der Waals surface area (Å²) in [7, 11) is -1.26. The average Bonchev–Trinajstić information content (AvgIpc) is 3.30. The van der Waals surface area contributed by atoms with Gasteiger partial charge in [-0.3, -0.25) is 0 Å². The minimum Gasteiger partial charge on any atom is -0.147 e. The van der Waals surface area contributed by atoms with Gasteiger partial charge >= 0.3 is 187 Å². The largest absolute Gasteiger partial charge is 0.147 e. The van der Waals surface area contributed by atoms with Gasteiger partial charge in [-0.1, -0.05) is 0 Å². The molecule has 2 aliphatic rings. The zero-order valence-electron chi connectivity index (χ0n) is 19.5. The number of rotatable bonds is 4. The van der Waals surface area contributed by atoms with Crippen LogP contribution in [-0.4, -0.2) is 13.5 Å². The number of halogens is 2. The van der Waals surface area contributed by atoms with E-state index in [1.54, 1.807) is 10.8 Å². The Hall–Kier alpha value is -0.443. The van der Waals surface area contributed by atoms with E-state index in [9.17, 15) is 0 Å². The minimum atomic E-state index is -1.70. The zero-order valence-corrected chi connectivity index (χ0v) is 25.5. The molecule has 0 spiro atoms. The van der Waals surface area contributed by atoms with E-state index in [1.165, 1.54) is 28.7 Å². The number of fused-ring (bicyclic) bond motifs is 1. The molecule has 164 valence electrons. The summed E-state index contributed by atoms with van der Waals surface area (Å²) in [6.45, 7) is 14.8. The Morgan fingerprint density at radius 1 is 0.968 bits per heavy atom. The number of hydrogen-bond acceptors (Lipinski definition) is 0. The van der Waals surface area contributed by atoms with Gasteiger partial charge in [0.05, 0.1) is 0 Å². The Kier molecular flexibility index (Phi) is 9.22. The maximum Gasteiger partial charge on any atom is -0.147 e. The molecular weight excluding hydrogens is 531 g/mol. The van der Waals surface area contributed by atoms with E-state index in [0.717, 1.165) is 3.63 Å². The van der Waals surface area contributed by atoms with Crippen LogP contribution in [0.15, 0.2) is 70.0 Å². The van der Waals surface area contributed by atoms with Crippen LogP contribution in [0.4, 0.5) is 0 Å². The van der Waals surface area contributed by atoms with E-state index in [1.807, 2.05) is 3.28 Å². The summed E-state index contributed by atoms with van der Waals surface area (Å²) in [5, 5.41) is 1.54. The molecule has 0 fully saturated rings. The third-order valence-electron chi connectivity index (χ3n) is 6.27. The quantitative estimate of drug-likeness (QED) is 0.331. The van der Waals surface area contributed by atoms with Crippen LogP contribution in [0, 0.1) is 0 Å². The molecule has 0 bridgehead atoms. The molecule has 0 amide bonds. The van der Waals surface area contributed by atoms with Crippen LogP contribution in [-0.2, 0) is 20.4 Å². The van der Waals surface area contributed by atoms with Crippen molar-refractivity contribution in [2.75, 3.05) is 0 Å². The summed E-state index contributed by atoms with van der Waals surface area (Å²) in [6.07, 6.45) is 11.0. The van der Waals surface area contributed by atoms with Crippen LogP contribution in [0.3, 0.4) is 0 Å². The fourth-order valence-electron chi connectivity index (χ4n) is 4.80. The molecule has 2 aromatic carbocycles. The van der Waals surface area contributed by atoms with Crippen LogP contribution in [0.2, 0.25) is 32.7 Å². The molecule has 2 aliphatic carbocycles. The summed E-state index contributed by atoms with van der Waals surface area (Å²) >= 11 is -1.70. The fourth-order valence-corrected chi connectivity index (χ4v) is 23.9. The second-order valence-electron chi connectivity index (χ2n) is 9.66. The van der Waals surface area contributed by atoms with Gasteiger partial charge in [-0.2, -0.15) is 0 Å². The number of benzene rings is 2. The first-order valence-corrected chi connectivity index (χ1v) is 23.1. The molecule has 1 unspecified atom stereocenters. The van der Waals surface area contributed by atoms with Crippen molar-refractivity contribution in [2.24, 2.45) is 0 Å². The number of hydrogen-bond donors (Lipinski definition) is 0. The molecule has 0 N–H and O–H groups in total. The molecule has 4 rings (SSSR count). The Morgan fingerprint density at radius 3 is 2.19 bits per heavy atom. The van der Waals surface area contributed by atoms with Crippen molar-refractivity contribution in [3.8, 4) is 11.1 Å². The van der Waals surface area contributed by atoms with E-state index in [4.69, 9.17) is 0 Å².